The summed E-state index contributed by atoms with van der Waals surface area (Å²) in [6.45, 7) is 0. The van der Waals surface area contributed by atoms with Crippen molar-refractivity contribution in [1.29, 1.82) is 0 Å². The van der Waals surface area contributed by atoms with Crippen LogP contribution in [0.25, 0.3) is 0 Å². The standard InChI is InChI=1S/C7H5FISi/c8-7-2-1-6(9)3-5(7)4-10/h1-3H,4H2. The summed E-state index contributed by atoms with van der Waals surface area (Å²) in [7, 11) is 3.25. The van der Waals surface area contributed by atoms with Gasteiger partial charge in [-0.25, -0.2) is 4.39 Å². The molecule has 0 nitrogen and oxygen atoms in total. The summed E-state index contributed by atoms with van der Waals surface area (Å²) in [5.41, 5.74) is 0.712. The van der Waals surface area contributed by atoms with Gasteiger partial charge < -0.3 is 0 Å². The Hall–Kier alpha value is 0.0969. The third-order valence-corrected chi connectivity index (χ3v) is 2.25. The summed E-state index contributed by atoms with van der Waals surface area (Å²) in [5.74, 6) is -0.143. The first kappa shape index (κ1) is 8.20. The molecule has 0 aliphatic carbocycles. The van der Waals surface area contributed by atoms with Crippen LogP contribution in [0.15, 0.2) is 18.2 Å². The SMILES string of the molecule is Fc1ccc(I)cc1C[Si]. The van der Waals surface area contributed by atoms with Crippen LogP contribution in [0.3, 0.4) is 0 Å². The predicted octanol–water partition coefficient (Wildman–Crippen LogP) is 2.10. The minimum Gasteiger partial charge on any atom is -0.207 e. The number of rotatable bonds is 1. The van der Waals surface area contributed by atoms with E-state index in [-0.39, 0.29) is 5.82 Å². The van der Waals surface area contributed by atoms with Gasteiger partial charge in [-0.05, 0) is 52.4 Å². The average molecular weight is 263 g/mol. The van der Waals surface area contributed by atoms with E-state index >= 15 is 0 Å². The Morgan fingerprint density at radius 1 is 1.50 bits per heavy atom. The van der Waals surface area contributed by atoms with Crippen LogP contribution < -0.4 is 0 Å². The van der Waals surface area contributed by atoms with E-state index in [0.717, 1.165) is 3.57 Å². The molecule has 3 heteroatoms. The molecule has 0 saturated carbocycles. The fraction of sp³-hybridized carbons (Fsp3) is 0.143. The number of halogens is 2. The van der Waals surface area contributed by atoms with Gasteiger partial charge >= 0.3 is 0 Å². The molecule has 0 atom stereocenters. The largest absolute Gasteiger partial charge is 0.207 e. The summed E-state index contributed by atoms with van der Waals surface area (Å²) in [6, 6.07) is 5.63. The summed E-state index contributed by atoms with van der Waals surface area (Å²) in [4.78, 5) is 0. The van der Waals surface area contributed by atoms with Gasteiger partial charge in [-0.3, -0.25) is 0 Å². The monoisotopic (exact) mass is 263 g/mol. The summed E-state index contributed by atoms with van der Waals surface area (Å²) >= 11 is 2.16. The van der Waals surface area contributed by atoms with Crippen molar-refractivity contribution in [1.82, 2.24) is 0 Å². The lowest BCUT2D eigenvalue weighted by molar-refractivity contribution is 0.616. The Morgan fingerprint density at radius 2 is 2.20 bits per heavy atom. The number of hydrogen-bond acceptors (Lipinski definition) is 0. The Balaban J connectivity index is 3.09. The first-order valence-electron chi connectivity index (χ1n) is 2.82. The Kier molecular flexibility index (Phi) is 2.85. The van der Waals surface area contributed by atoms with Crippen molar-refractivity contribution in [2.24, 2.45) is 0 Å². The zero-order chi connectivity index (χ0) is 7.56. The molecule has 0 aliphatic heterocycles. The van der Waals surface area contributed by atoms with Crippen molar-refractivity contribution in [3.8, 4) is 0 Å². The van der Waals surface area contributed by atoms with Gasteiger partial charge in [-0.1, -0.05) is 0 Å². The van der Waals surface area contributed by atoms with Crippen LogP contribution in [0, 0.1) is 9.39 Å². The van der Waals surface area contributed by atoms with Crippen LogP contribution in [0.1, 0.15) is 5.56 Å². The zero-order valence-corrected chi connectivity index (χ0v) is 8.35. The van der Waals surface area contributed by atoms with Crippen molar-refractivity contribution in [3.05, 3.63) is 33.1 Å². The van der Waals surface area contributed by atoms with Gasteiger partial charge in [0.25, 0.3) is 0 Å². The Labute approximate surface area is 76.4 Å². The van der Waals surface area contributed by atoms with E-state index in [1.54, 1.807) is 6.07 Å². The fourth-order valence-corrected chi connectivity index (χ4v) is 1.51. The van der Waals surface area contributed by atoms with Crippen LogP contribution in [0.4, 0.5) is 4.39 Å². The smallest absolute Gasteiger partial charge is 0.126 e. The third kappa shape index (κ3) is 1.79. The molecule has 0 unspecified atom stereocenters. The van der Waals surface area contributed by atoms with Gasteiger partial charge in [-0.15, -0.1) is 0 Å². The normalized spacial score (nSPS) is 9.90. The van der Waals surface area contributed by atoms with E-state index in [1.807, 2.05) is 6.07 Å². The molecular weight excluding hydrogens is 258 g/mol. The van der Waals surface area contributed by atoms with Crippen molar-refractivity contribution in [3.63, 3.8) is 0 Å². The maximum atomic E-state index is 12.7. The molecule has 0 saturated heterocycles. The highest BCUT2D eigenvalue weighted by atomic mass is 127. The fourth-order valence-electron chi connectivity index (χ4n) is 0.679. The van der Waals surface area contributed by atoms with Crippen LogP contribution in [-0.4, -0.2) is 10.2 Å². The van der Waals surface area contributed by atoms with Gasteiger partial charge in [-0.2, -0.15) is 0 Å². The number of benzene rings is 1. The summed E-state index contributed by atoms with van der Waals surface area (Å²) in [5, 5.41) is 0. The van der Waals surface area contributed by atoms with E-state index < -0.39 is 0 Å². The van der Waals surface area contributed by atoms with Crippen LogP contribution in [-0.2, 0) is 6.04 Å². The highest BCUT2D eigenvalue weighted by Crippen LogP contribution is 2.11. The molecule has 0 aromatic heterocycles. The highest BCUT2D eigenvalue weighted by Gasteiger charge is 1.98. The molecule has 0 spiro atoms. The maximum Gasteiger partial charge on any atom is 0.126 e. The van der Waals surface area contributed by atoms with Gasteiger partial charge in [0.2, 0.25) is 0 Å². The Bertz CT molecular complexity index is 237. The van der Waals surface area contributed by atoms with Crippen molar-refractivity contribution in [2.45, 2.75) is 6.04 Å². The van der Waals surface area contributed by atoms with Crippen LogP contribution in [0.2, 0.25) is 0 Å². The molecule has 51 valence electrons. The van der Waals surface area contributed by atoms with Gasteiger partial charge in [0.15, 0.2) is 0 Å². The molecule has 0 heterocycles. The Morgan fingerprint density at radius 3 is 2.70 bits per heavy atom. The van der Waals surface area contributed by atoms with Gasteiger partial charge in [0, 0.05) is 13.8 Å². The van der Waals surface area contributed by atoms with E-state index in [4.69, 9.17) is 0 Å². The first-order chi connectivity index (χ1) is 4.74. The van der Waals surface area contributed by atoms with Crippen molar-refractivity contribution < 1.29 is 4.39 Å². The maximum absolute atomic E-state index is 12.7. The van der Waals surface area contributed by atoms with Crippen LogP contribution >= 0.6 is 22.6 Å². The van der Waals surface area contributed by atoms with Crippen molar-refractivity contribution >= 4 is 32.8 Å². The second-order valence-corrected chi connectivity index (χ2v) is 3.51. The highest BCUT2D eigenvalue weighted by molar-refractivity contribution is 14.1. The lowest BCUT2D eigenvalue weighted by Crippen LogP contribution is -1.89. The lowest BCUT2D eigenvalue weighted by Gasteiger charge is -1.97. The molecule has 0 bridgehead atoms. The van der Waals surface area contributed by atoms with E-state index in [2.05, 4.69) is 32.8 Å². The average Bonchev–Trinajstić information content (AvgIpc) is 1.94. The topological polar surface area (TPSA) is 0 Å². The lowest BCUT2D eigenvalue weighted by atomic mass is 10.2. The molecule has 10 heavy (non-hydrogen) atoms. The predicted molar refractivity (Wildman–Crippen MR) is 48.6 cm³/mol. The molecule has 1 rings (SSSR count). The molecule has 3 radical (unpaired) electrons. The van der Waals surface area contributed by atoms with E-state index in [1.165, 1.54) is 6.07 Å². The molecule has 0 fully saturated rings. The zero-order valence-electron chi connectivity index (χ0n) is 5.20. The second-order valence-electron chi connectivity index (χ2n) is 1.91. The first-order valence-corrected chi connectivity index (χ1v) is 4.61. The van der Waals surface area contributed by atoms with Crippen molar-refractivity contribution in [2.75, 3.05) is 0 Å². The molecular formula is C7H5FISi. The molecule has 0 aliphatic rings. The van der Waals surface area contributed by atoms with E-state index in [0.29, 0.717) is 11.6 Å². The number of hydrogen-bond donors (Lipinski definition) is 0. The van der Waals surface area contributed by atoms with Crippen LogP contribution in [0.5, 0.6) is 0 Å². The minimum atomic E-state index is -0.143. The quantitative estimate of drug-likeness (QED) is 0.537. The van der Waals surface area contributed by atoms with E-state index in [9.17, 15) is 4.39 Å². The molecule has 0 amide bonds. The van der Waals surface area contributed by atoms with Gasteiger partial charge in [0.1, 0.15) is 5.82 Å². The molecule has 1 aromatic carbocycles. The summed E-state index contributed by atoms with van der Waals surface area (Å²) < 4.78 is 13.8. The third-order valence-electron chi connectivity index (χ3n) is 1.20. The second kappa shape index (κ2) is 3.48. The molecule has 1 aromatic rings. The summed E-state index contributed by atoms with van der Waals surface area (Å²) in [6.07, 6.45) is 0. The minimum absolute atomic E-state index is 0.143. The van der Waals surface area contributed by atoms with Gasteiger partial charge in [0.05, 0.1) is 0 Å². The molecule has 0 N–H and O–H groups in total.